The molecule has 0 N–H and O–H groups in total. The molecular weight excluding hydrogens is 392 g/mol. The molecule has 142 valence electrons. The summed E-state index contributed by atoms with van der Waals surface area (Å²) in [6, 6.07) is 5.97. The van der Waals surface area contributed by atoms with Gasteiger partial charge in [-0.15, -0.1) is 0 Å². The highest BCUT2D eigenvalue weighted by Crippen LogP contribution is 2.49. The number of hydrogen-bond donors (Lipinski definition) is 0. The Morgan fingerprint density at radius 2 is 2.15 bits per heavy atom. The predicted molar refractivity (Wildman–Crippen MR) is 109 cm³/mol. The van der Waals surface area contributed by atoms with Crippen LogP contribution >= 0.6 is 15.9 Å². The molecule has 3 unspecified atom stereocenters. The van der Waals surface area contributed by atoms with Crippen molar-refractivity contribution in [3.05, 3.63) is 28.2 Å². The Balaban J connectivity index is 2.07. The maximum atomic E-state index is 13.3. The lowest BCUT2D eigenvalue weighted by Gasteiger charge is -2.40. The highest BCUT2D eigenvalue weighted by molar-refractivity contribution is 9.10. The number of nitrogens with zero attached hydrogens (tertiary/aromatic N) is 2. The number of fused-ring (bicyclic) bond motifs is 2. The molecule has 0 aliphatic carbocycles. The van der Waals surface area contributed by atoms with E-state index in [-0.39, 0.29) is 12.0 Å². The number of amides is 1. The van der Waals surface area contributed by atoms with Crippen molar-refractivity contribution in [2.45, 2.75) is 70.9 Å². The zero-order chi connectivity index (χ0) is 18.9. The third-order valence-electron chi connectivity index (χ3n) is 5.82. The molecule has 26 heavy (non-hydrogen) atoms. The fourth-order valence-electron chi connectivity index (χ4n) is 4.28. The van der Waals surface area contributed by atoms with Gasteiger partial charge in [-0.2, -0.15) is 0 Å². The molecule has 1 aromatic carbocycles. The number of likely N-dealkylation sites (N-methyl/N-ethyl adjacent to an activating group) is 1. The standard InChI is InChI=1S/C21H29BrN2O2/c1-5-8-9-14(6-2)18-13-21(20(25)24(4)19(7-3)23-21)16-12-15(22)10-11-17(16)26-18/h10-12,14,18H,5-9,13H2,1-4H3. The first-order valence-corrected chi connectivity index (χ1v) is 10.6. The van der Waals surface area contributed by atoms with Gasteiger partial charge in [0.05, 0.1) is 0 Å². The molecule has 0 radical (unpaired) electrons. The van der Waals surface area contributed by atoms with Crippen molar-refractivity contribution in [2.24, 2.45) is 10.9 Å². The van der Waals surface area contributed by atoms with Crippen LogP contribution in [0.1, 0.15) is 64.9 Å². The van der Waals surface area contributed by atoms with Crippen LogP contribution in [-0.2, 0) is 10.3 Å². The lowest BCUT2D eigenvalue weighted by molar-refractivity contribution is -0.132. The monoisotopic (exact) mass is 420 g/mol. The van der Waals surface area contributed by atoms with E-state index in [2.05, 4.69) is 36.7 Å². The van der Waals surface area contributed by atoms with Crippen molar-refractivity contribution >= 4 is 27.7 Å². The van der Waals surface area contributed by atoms with E-state index in [9.17, 15) is 4.79 Å². The van der Waals surface area contributed by atoms with Crippen LogP contribution in [-0.4, -0.2) is 29.8 Å². The van der Waals surface area contributed by atoms with Crippen LogP contribution in [0.25, 0.3) is 0 Å². The molecule has 0 saturated carbocycles. The SMILES string of the molecule is CCCCC(CC)C1CC2(N=C(CC)N(C)C2=O)c2cc(Br)ccc2O1. The first kappa shape index (κ1) is 19.4. The Morgan fingerprint density at radius 1 is 1.38 bits per heavy atom. The van der Waals surface area contributed by atoms with E-state index >= 15 is 0 Å². The van der Waals surface area contributed by atoms with Gasteiger partial charge in [-0.25, -0.2) is 0 Å². The van der Waals surface area contributed by atoms with Crippen molar-refractivity contribution in [3.8, 4) is 5.75 Å². The average molecular weight is 421 g/mol. The molecule has 4 nitrogen and oxygen atoms in total. The molecule has 3 atom stereocenters. The number of hydrogen-bond acceptors (Lipinski definition) is 3. The van der Waals surface area contributed by atoms with E-state index in [0.29, 0.717) is 12.3 Å². The summed E-state index contributed by atoms with van der Waals surface area (Å²) in [4.78, 5) is 20.1. The zero-order valence-corrected chi connectivity index (χ0v) is 17.8. The molecule has 1 spiro atoms. The van der Waals surface area contributed by atoms with Crippen LogP contribution in [0.5, 0.6) is 5.75 Å². The minimum atomic E-state index is -0.832. The topological polar surface area (TPSA) is 41.9 Å². The second-order valence-corrected chi connectivity index (χ2v) is 8.33. The van der Waals surface area contributed by atoms with Crippen molar-refractivity contribution in [3.63, 3.8) is 0 Å². The van der Waals surface area contributed by atoms with Gasteiger partial charge < -0.3 is 9.64 Å². The van der Waals surface area contributed by atoms with Crippen molar-refractivity contribution in [1.82, 2.24) is 4.90 Å². The maximum Gasteiger partial charge on any atom is 0.260 e. The minimum absolute atomic E-state index is 0.0255. The summed E-state index contributed by atoms with van der Waals surface area (Å²) >= 11 is 3.55. The molecule has 2 aliphatic rings. The zero-order valence-electron chi connectivity index (χ0n) is 16.2. The molecule has 2 heterocycles. The number of unbranched alkanes of at least 4 members (excludes halogenated alkanes) is 1. The summed E-state index contributed by atoms with van der Waals surface area (Å²) in [5, 5.41) is 0. The van der Waals surface area contributed by atoms with Gasteiger partial charge in [0.25, 0.3) is 5.91 Å². The number of ether oxygens (including phenoxy) is 1. The second-order valence-electron chi connectivity index (χ2n) is 7.42. The molecule has 1 amide bonds. The summed E-state index contributed by atoms with van der Waals surface area (Å²) in [5.41, 5.74) is 0.0654. The molecule has 0 bridgehead atoms. The van der Waals surface area contributed by atoms with E-state index in [1.165, 1.54) is 12.8 Å². The highest BCUT2D eigenvalue weighted by Gasteiger charge is 2.54. The lowest BCUT2D eigenvalue weighted by Crippen LogP contribution is -2.47. The van der Waals surface area contributed by atoms with Gasteiger partial charge >= 0.3 is 0 Å². The highest BCUT2D eigenvalue weighted by atomic mass is 79.9. The van der Waals surface area contributed by atoms with Crippen molar-refractivity contribution < 1.29 is 9.53 Å². The molecule has 1 aromatic rings. The predicted octanol–water partition coefficient (Wildman–Crippen LogP) is 5.29. The largest absolute Gasteiger partial charge is 0.490 e. The summed E-state index contributed by atoms with van der Waals surface area (Å²) in [5.74, 6) is 2.19. The van der Waals surface area contributed by atoms with Crippen LogP contribution in [0.4, 0.5) is 0 Å². The number of carbonyl (C=O) groups is 1. The van der Waals surface area contributed by atoms with Crippen LogP contribution in [0.3, 0.4) is 0 Å². The molecule has 0 aromatic heterocycles. The molecular formula is C21H29BrN2O2. The Morgan fingerprint density at radius 3 is 2.77 bits per heavy atom. The Bertz CT molecular complexity index is 718. The first-order valence-electron chi connectivity index (χ1n) is 9.80. The number of amidine groups is 1. The molecule has 2 aliphatic heterocycles. The van der Waals surface area contributed by atoms with Gasteiger partial charge in [-0.1, -0.05) is 49.5 Å². The summed E-state index contributed by atoms with van der Waals surface area (Å²) in [6.07, 6.45) is 5.97. The molecule has 0 fully saturated rings. The summed E-state index contributed by atoms with van der Waals surface area (Å²) in [7, 11) is 1.84. The quantitative estimate of drug-likeness (QED) is 0.626. The van der Waals surface area contributed by atoms with E-state index in [4.69, 9.17) is 9.73 Å². The molecule has 3 rings (SSSR count). The Labute approximate surface area is 165 Å². The minimum Gasteiger partial charge on any atom is -0.490 e. The Kier molecular flexibility index (Phi) is 5.75. The Hall–Kier alpha value is -1.36. The van der Waals surface area contributed by atoms with Gasteiger partial charge in [-0.3, -0.25) is 9.79 Å². The lowest BCUT2D eigenvalue weighted by atomic mass is 9.77. The fourth-order valence-corrected chi connectivity index (χ4v) is 4.64. The van der Waals surface area contributed by atoms with Gasteiger partial charge in [0.1, 0.15) is 17.7 Å². The van der Waals surface area contributed by atoms with Crippen molar-refractivity contribution in [1.29, 1.82) is 0 Å². The second kappa shape index (κ2) is 7.71. The van der Waals surface area contributed by atoms with E-state index in [0.717, 1.165) is 40.9 Å². The summed E-state index contributed by atoms with van der Waals surface area (Å²) < 4.78 is 7.37. The molecule has 0 saturated heterocycles. The van der Waals surface area contributed by atoms with Crippen LogP contribution in [0.15, 0.2) is 27.7 Å². The van der Waals surface area contributed by atoms with Gasteiger partial charge in [0, 0.05) is 29.9 Å². The fraction of sp³-hybridized carbons (Fsp3) is 0.619. The van der Waals surface area contributed by atoms with Crippen LogP contribution in [0.2, 0.25) is 0 Å². The third-order valence-corrected chi connectivity index (χ3v) is 6.32. The normalized spacial score (nSPS) is 25.9. The van der Waals surface area contributed by atoms with E-state index in [1.807, 2.05) is 25.2 Å². The van der Waals surface area contributed by atoms with Gasteiger partial charge in [0.2, 0.25) is 0 Å². The van der Waals surface area contributed by atoms with Crippen LogP contribution in [0, 0.1) is 5.92 Å². The maximum absolute atomic E-state index is 13.3. The van der Waals surface area contributed by atoms with E-state index in [1.54, 1.807) is 4.90 Å². The number of carbonyl (C=O) groups excluding carboxylic acids is 1. The average Bonchev–Trinajstić information content (AvgIpc) is 2.88. The van der Waals surface area contributed by atoms with Crippen molar-refractivity contribution in [2.75, 3.05) is 7.05 Å². The third kappa shape index (κ3) is 3.19. The van der Waals surface area contributed by atoms with Crippen LogP contribution < -0.4 is 4.74 Å². The molecule has 5 heteroatoms. The number of benzene rings is 1. The van der Waals surface area contributed by atoms with Gasteiger partial charge in [-0.05, 0) is 37.0 Å². The number of halogens is 1. The number of aliphatic imine (C=N–C) groups is 1. The smallest absolute Gasteiger partial charge is 0.260 e. The van der Waals surface area contributed by atoms with Gasteiger partial charge in [0.15, 0.2) is 5.54 Å². The number of rotatable bonds is 6. The van der Waals surface area contributed by atoms with E-state index < -0.39 is 5.54 Å². The summed E-state index contributed by atoms with van der Waals surface area (Å²) in [6.45, 7) is 6.49. The first-order chi connectivity index (χ1) is 12.5.